The Hall–Kier alpha value is -5.18. The summed E-state index contributed by atoms with van der Waals surface area (Å²) in [7, 11) is 1.30. The number of rotatable bonds is 10. The molecular formula is C32H29N3O6. The Bertz CT molecular complexity index is 1800. The molecule has 0 aliphatic heterocycles. The predicted molar refractivity (Wildman–Crippen MR) is 158 cm³/mol. The van der Waals surface area contributed by atoms with Gasteiger partial charge in [-0.05, 0) is 62.2 Å². The molecule has 0 saturated carbocycles. The lowest BCUT2D eigenvalue weighted by atomic mass is 10.1. The first-order valence-electron chi connectivity index (χ1n) is 13.1. The molecule has 9 heteroatoms. The Morgan fingerprint density at radius 1 is 1.15 bits per heavy atom. The zero-order valence-corrected chi connectivity index (χ0v) is 23.0. The van der Waals surface area contributed by atoms with Gasteiger partial charge >= 0.3 is 5.97 Å². The summed E-state index contributed by atoms with van der Waals surface area (Å²) in [6, 6.07) is 20.1. The van der Waals surface area contributed by atoms with E-state index in [0.29, 0.717) is 52.3 Å². The zero-order valence-electron chi connectivity index (χ0n) is 23.0. The second-order valence-corrected chi connectivity index (χ2v) is 9.18. The number of carbonyl (C=O) groups excluding carboxylic acids is 1. The van der Waals surface area contributed by atoms with Gasteiger partial charge in [-0.2, -0.15) is 9.78 Å². The second kappa shape index (κ2) is 11.9. The number of aromatic nitrogens is 2. The number of methoxy groups -OCH3 is 1. The average Bonchev–Trinajstić information content (AvgIpc) is 3.42. The van der Waals surface area contributed by atoms with Gasteiger partial charge in [-0.15, -0.1) is 6.58 Å². The lowest BCUT2D eigenvalue weighted by Crippen LogP contribution is -2.25. The quantitative estimate of drug-likeness (QED) is 0.123. The number of para-hydroxylation sites is 2. The molecule has 9 nitrogen and oxygen atoms in total. The first-order chi connectivity index (χ1) is 19.9. The molecule has 208 valence electrons. The van der Waals surface area contributed by atoms with Gasteiger partial charge < -0.3 is 18.6 Å². The minimum absolute atomic E-state index is 0.268. The van der Waals surface area contributed by atoms with Gasteiger partial charge in [0, 0.05) is 10.9 Å². The molecule has 2 heterocycles. The molecule has 0 amide bonds. The normalized spacial score (nSPS) is 12.1. The molecule has 0 aliphatic rings. The van der Waals surface area contributed by atoms with Crippen molar-refractivity contribution in [2.24, 2.45) is 5.10 Å². The number of esters is 1. The number of hydrogen-bond donors (Lipinski definition) is 0. The monoisotopic (exact) mass is 551 g/mol. The van der Waals surface area contributed by atoms with Gasteiger partial charge in [0.25, 0.3) is 5.56 Å². The molecule has 1 atom stereocenters. The van der Waals surface area contributed by atoms with Crippen molar-refractivity contribution in [1.82, 2.24) is 9.66 Å². The lowest BCUT2D eigenvalue weighted by Gasteiger charge is -2.19. The van der Waals surface area contributed by atoms with Crippen molar-refractivity contribution in [2.75, 3.05) is 13.7 Å². The van der Waals surface area contributed by atoms with E-state index in [2.05, 4.69) is 11.7 Å². The van der Waals surface area contributed by atoms with E-state index in [0.717, 1.165) is 10.9 Å². The summed E-state index contributed by atoms with van der Waals surface area (Å²) in [5.74, 6) is 1.00. The van der Waals surface area contributed by atoms with Gasteiger partial charge in [-0.25, -0.2) is 9.78 Å². The maximum atomic E-state index is 13.6. The third-order valence-corrected chi connectivity index (χ3v) is 6.37. The number of allylic oxidation sites excluding steroid dienone is 1. The van der Waals surface area contributed by atoms with Crippen LogP contribution in [0.1, 0.15) is 25.0 Å². The molecule has 0 fully saturated rings. The number of nitrogens with zero attached hydrogens (tertiary/aromatic N) is 3. The number of ether oxygens (including phenoxy) is 3. The molecule has 0 radical (unpaired) electrons. The fourth-order valence-electron chi connectivity index (χ4n) is 4.46. The summed E-state index contributed by atoms with van der Waals surface area (Å²) in [4.78, 5) is 30.4. The van der Waals surface area contributed by atoms with Crippen LogP contribution in [0, 0.1) is 0 Å². The van der Waals surface area contributed by atoms with Crippen LogP contribution in [0.15, 0.2) is 93.7 Å². The number of furan rings is 1. The standard InChI is InChI=1S/C32H29N3O6/c1-5-11-23-16-21(17-27(39-6-2)29(23)40-20(3)32(37)38-4)19-33-35-30(28-18-22-12-7-10-15-26(22)41-28)34-25-14-9-8-13-24(25)31(35)36/h5,7-10,12-20H,1,6,11H2,2-4H3/t20-/m0/s1. The topological polar surface area (TPSA) is 105 Å². The van der Waals surface area contributed by atoms with Crippen LogP contribution in [-0.4, -0.2) is 41.7 Å². The summed E-state index contributed by atoms with van der Waals surface area (Å²) < 4.78 is 23.9. The maximum Gasteiger partial charge on any atom is 0.346 e. The van der Waals surface area contributed by atoms with Crippen molar-refractivity contribution < 1.29 is 23.4 Å². The van der Waals surface area contributed by atoms with E-state index in [1.807, 2.05) is 49.4 Å². The van der Waals surface area contributed by atoms with E-state index in [4.69, 9.17) is 23.6 Å². The van der Waals surface area contributed by atoms with E-state index in [1.54, 1.807) is 43.5 Å². The number of carbonyl (C=O) groups is 1. The first kappa shape index (κ1) is 27.4. The van der Waals surface area contributed by atoms with Crippen LogP contribution in [0.3, 0.4) is 0 Å². The van der Waals surface area contributed by atoms with Gasteiger partial charge in [0.1, 0.15) is 5.58 Å². The highest BCUT2D eigenvalue weighted by atomic mass is 16.6. The van der Waals surface area contributed by atoms with Crippen LogP contribution < -0.4 is 15.0 Å². The Morgan fingerprint density at radius 3 is 2.68 bits per heavy atom. The SMILES string of the molecule is C=CCc1cc(C=Nn2c(-c3cc4ccccc4o3)nc3ccccc3c2=O)cc(OCC)c1O[C@@H](C)C(=O)OC. The summed E-state index contributed by atoms with van der Waals surface area (Å²) in [5, 5.41) is 5.87. The molecule has 5 rings (SSSR count). The molecular weight excluding hydrogens is 522 g/mol. The second-order valence-electron chi connectivity index (χ2n) is 9.18. The summed E-state index contributed by atoms with van der Waals surface area (Å²) in [6.45, 7) is 7.66. The van der Waals surface area contributed by atoms with E-state index < -0.39 is 12.1 Å². The molecule has 0 bridgehead atoms. The van der Waals surface area contributed by atoms with Crippen LogP contribution in [0.2, 0.25) is 0 Å². The van der Waals surface area contributed by atoms with Crippen molar-refractivity contribution in [3.8, 4) is 23.1 Å². The van der Waals surface area contributed by atoms with Crippen molar-refractivity contribution in [1.29, 1.82) is 0 Å². The zero-order chi connectivity index (χ0) is 28.9. The molecule has 0 aliphatic carbocycles. The lowest BCUT2D eigenvalue weighted by molar-refractivity contribution is -0.147. The summed E-state index contributed by atoms with van der Waals surface area (Å²) >= 11 is 0. The van der Waals surface area contributed by atoms with E-state index in [9.17, 15) is 9.59 Å². The Kier molecular flexibility index (Phi) is 7.96. The predicted octanol–water partition coefficient (Wildman–Crippen LogP) is 5.76. The van der Waals surface area contributed by atoms with Crippen LogP contribution in [-0.2, 0) is 16.0 Å². The highest BCUT2D eigenvalue weighted by Crippen LogP contribution is 2.35. The number of benzene rings is 3. The maximum absolute atomic E-state index is 13.6. The molecule has 41 heavy (non-hydrogen) atoms. The fourth-order valence-corrected chi connectivity index (χ4v) is 4.46. The highest BCUT2D eigenvalue weighted by Gasteiger charge is 2.21. The van der Waals surface area contributed by atoms with Crippen molar-refractivity contribution in [2.45, 2.75) is 26.4 Å². The van der Waals surface area contributed by atoms with Gasteiger partial charge in [0.15, 0.2) is 23.4 Å². The van der Waals surface area contributed by atoms with Crippen LogP contribution in [0.4, 0.5) is 0 Å². The van der Waals surface area contributed by atoms with E-state index in [1.165, 1.54) is 11.8 Å². The summed E-state index contributed by atoms with van der Waals surface area (Å²) in [5.41, 5.74) is 2.23. The molecule has 2 aromatic heterocycles. The average molecular weight is 552 g/mol. The number of fused-ring (bicyclic) bond motifs is 2. The third kappa shape index (κ3) is 5.60. The smallest absolute Gasteiger partial charge is 0.346 e. The van der Waals surface area contributed by atoms with Gasteiger partial charge in [-0.1, -0.05) is 36.4 Å². The van der Waals surface area contributed by atoms with Crippen LogP contribution in [0.5, 0.6) is 11.5 Å². The Balaban J connectivity index is 1.64. The van der Waals surface area contributed by atoms with Crippen molar-refractivity contribution in [3.63, 3.8) is 0 Å². The largest absolute Gasteiger partial charge is 0.490 e. The molecule has 3 aromatic carbocycles. The highest BCUT2D eigenvalue weighted by molar-refractivity contribution is 5.85. The van der Waals surface area contributed by atoms with Gasteiger partial charge in [-0.3, -0.25) is 4.79 Å². The molecule has 0 saturated heterocycles. The van der Waals surface area contributed by atoms with Crippen molar-refractivity contribution in [3.05, 3.63) is 101 Å². The van der Waals surface area contributed by atoms with Gasteiger partial charge in [0.05, 0.1) is 30.8 Å². The molecule has 0 spiro atoms. The number of hydrogen-bond acceptors (Lipinski definition) is 8. The van der Waals surface area contributed by atoms with E-state index in [-0.39, 0.29) is 11.4 Å². The molecule has 5 aromatic rings. The third-order valence-electron chi connectivity index (χ3n) is 6.37. The van der Waals surface area contributed by atoms with Crippen LogP contribution >= 0.6 is 0 Å². The van der Waals surface area contributed by atoms with E-state index >= 15 is 0 Å². The summed E-state index contributed by atoms with van der Waals surface area (Å²) in [6.07, 6.45) is 2.86. The first-order valence-corrected chi connectivity index (χ1v) is 13.1. The van der Waals surface area contributed by atoms with Crippen LogP contribution in [0.25, 0.3) is 33.5 Å². The molecule has 0 N–H and O–H groups in total. The minimum Gasteiger partial charge on any atom is -0.490 e. The van der Waals surface area contributed by atoms with Crippen molar-refractivity contribution >= 4 is 34.1 Å². The minimum atomic E-state index is -0.851. The molecule has 0 unspecified atom stereocenters. The fraction of sp³-hybridized carbons (Fsp3) is 0.188. The van der Waals surface area contributed by atoms with Gasteiger partial charge in [0.2, 0.25) is 5.82 Å². The Labute approximate surface area is 236 Å². The Morgan fingerprint density at radius 2 is 1.93 bits per heavy atom.